The standard InChI is InChI=1S/C9H18N6O2/c1-14(2)6-10-11-7-15(3)5-4-9(17)13-12-8-16/h6-8H,4-5H2,1-3H3,(H,12,16)(H,13,17)/b10-6+,11-7+. The summed E-state index contributed by atoms with van der Waals surface area (Å²) in [5.41, 5.74) is 4.28. The third-order valence-corrected chi connectivity index (χ3v) is 1.56. The highest BCUT2D eigenvalue weighted by Crippen LogP contribution is 1.84. The number of hydrogen-bond acceptors (Lipinski definition) is 4. The number of hydrazine groups is 1. The van der Waals surface area contributed by atoms with Gasteiger partial charge in [0.25, 0.3) is 0 Å². The van der Waals surface area contributed by atoms with Crippen molar-refractivity contribution in [3.8, 4) is 0 Å². The molecule has 0 saturated carbocycles. The van der Waals surface area contributed by atoms with Crippen molar-refractivity contribution in [1.82, 2.24) is 20.7 Å². The fourth-order valence-electron chi connectivity index (χ4n) is 0.759. The molecule has 0 aromatic heterocycles. The van der Waals surface area contributed by atoms with Crippen molar-refractivity contribution in [2.75, 3.05) is 27.7 Å². The maximum absolute atomic E-state index is 11.1. The van der Waals surface area contributed by atoms with Gasteiger partial charge in [-0.3, -0.25) is 20.4 Å². The van der Waals surface area contributed by atoms with Crippen molar-refractivity contribution >= 4 is 25.0 Å². The van der Waals surface area contributed by atoms with E-state index < -0.39 is 0 Å². The van der Waals surface area contributed by atoms with Gasteiger partial charge < -0.3 is 9.80 Å². The van der Waals surface area contributed by atoms with Gasteiger partial charge in [-0.05, 0) is 0 Å². The molecule has 0 spiro atoms. The highest BCUT2D eigenvalue weighted by molar-refractivity contribution is 5.77. The summed E-state index contributed by atoms with van der Waals surface area (Å²) >= 11 is 0. The van der Waals surface area contributed by atoms with Crippen molar-refractivity contribution in [2.24, 2.45) is 10.2 Å². The Balaban J connectivity index is 3.75. The first-order valence-corrected chi connectivity index (χ1v) is 4.97. The van der Waals surface area contributed by atoms with Crippen LogP contribution in [0.2, 0.25) is 0 Å². The summed E-state index contributed by atoms with van der Waals surface area (Å²) in [5, 5.41) is 7.53. The van der Waals surface area contributed by atoms with E-state index in [4.69, 9.17) is 0 Å². The molecule has 0 rings (SSSR count). The van der Waals surface area contributed by atoms with E-state index in [1.807, 2.05) is 14.1 Å². The number of amides is 2. The van der Waals surface area contributed by atoms with Crippen LogP contribution in [0.1, 0.15) is 6.42 Å². The molecule has 17 heavy (non-hydrogen) atoms. The Labute approximate surface area is 100 Å². The number of nitrogens with zero attached hydrogens (tertiary/aromatic N) is 4. The van der Waals surface area contributed by atoms with Gasteiger partial charge in [-0.1, -0.05) is 0 Å². The number of nitrogens with one attached hydrogen (secondary N) is 2. The lowest BCUT2D eigenvalue weighted by Gasteiger charge is -2.11. The van der Waals surface area contributed by atoms with Crippen molar-refractivity contribution in [2.45, 2.75) is 6.42 Å². The summed E-state index contributed by atoms with van der Waals surface area (Å²) < 4.78 is 0. The van der Waals surface area contributed by atoms with Gasteiger partial charge in [0.2, 0.25) is 12.3 Å². The third-order valence-electron chi connectivity index (χ3n) is 1.56. The summed E-state index contributed by atoms with van der Waals surface area (Å²) in [7, 11) is 5.45. The molecular formula is C9H18N6O2. The molecule has 0 radical (unpaired) electrons. The smallest absolute Gasteiger partial charge is 0.240 e. The lowest BCUT2D eigenvalue weighted by Crippen LogP contribution is -2.37. The molecule has 8 heteroatoms. The summed E-state index contributed by atoms with van der Waals surface area (Å²) in [6, 6.07) is 0. The van der Waals surface area contributed by atoms with Gasteiger partial charge in [-0.2, -0.15) is 0 Å². The number of hydrogen-bond donors (Lipinski definition) is 2. The minimum Gasteiger partial charge on any atom is -0.367 e. The molecule has 0 aliphatic heterocycles. The van der Waals surface area contributed by atoms with Gasteiger partial charge in [-0.15, -0.1) is 10.2 Å². The first kappa shape index (κ1) is 14.9. The predicted molar refractivity (Wildman–Crippen MR) is 65.3 cm³/mol. The predicted octanol–water partition coefficient (Wildman–Crippen LogP) is -1.38. The monoisotopic (exact) mass is 242 g/mol. The Kier molecular flexibility index (Phi) is 7.99. The van der Waals surface area contributed by atoms with Gasteiger partial charge in [0.15, 0.2) is 0 Å². The molecule has 0 aliphatic carbocycles. The highest BCUT2D eigenvalue weighted by Gasteiger charge is 2.00. The molecule has 0 aromatic rings. The van der Waals surface area contributed by atoms with E-state index in [9.17, 15) is 9.59 Å². The molecule has 0 fully saturated rings. The fourth-order valence-corrected chi connectivity index (χ4v) is 0.759. The molecular weight excluding hydrogens is 224 g/mol. The summed E-state index contributed by atoms with van der Waals surface area (Å²) in [4.78, 5) is 24.5. The minimum absolute atomic E-state index is 0.251. The Morgan fingerprint density at radius 2 is 1.88 bits per heavy atom. The van der Waals surface area contributed by atoms with Crippen molar-refractivity contribution in [1.29, 1.82) is 0 Å². The average molecular weight is 242 g/mol. The van der Waals surface area contributed by atoms with Crippen LogP contribution in [0.5, 0.6) is 0 Å². The molecule has 0 aromatic carbocycles. The Bertz CT molecular complexity index is 289. The van der Waals surface area contributed by atoms with Crippen LogP contribution in [0.25, 0.3) is 0 Å². The second-order valence-electron chi connectivity index (χ2n) is 3.47. The van der Waals surface area contributed by atoms with E-state index >= 15 is 0 Å². The van der Waals surface area contributed by atoms with E-state index in [0.29, 0.717) is 13.0 Å². The zero-order valence-corrected chi connectivity index (χ0v) is 10.3. The van der Waals surface area contributed by atoms with Crippen LogP contribution in [0, 0.1) is 0 Å². The van der Waals surface area contributed by atoms with Crippen LogP contribution >= 0.6 is 0 Å². The summed E-state index contributed by atoms with van der Waals surface area (Å²) in [5.74, 6) is -0.269. The number of rotatable bonds is 8. The Morgan fingerprint density at radius 3 is 2.47 bits per heavy atom. The molecule has 8 nitrogen and oxygen atoms in total. The van der Waals surface area contributed by atoms with Crippen molar-refractivity contribution < 1.29 is 9.59 Å². The molecule has 2 N–H and O–H groups in total. The first-order chi connectivity index (χ1) is 8.06. The van der Waals surface area contributed by atoms with Gasteiger partial charge in [0.1, 0.15) is 12.7 Å². The second kappa shape index (κ2) is 9.13. The van der Waals surface area contributed by atoms with Crippen LogP contribution in [0.4, 0.5) is 0 Å². The zero-order chi connectivity index (χ0) is 13.1. The van der Waals surface area contributed by atoms with E-state index in [1.165, 1.54) is 6.34 Å². The quantitative estimate of drug-likeness (QED) is 0.237. The molecule has 2 amide bonds. The van der Waals surface area contributed by atoms with Crippen LogP contribution in [0.15, 0.2) is 10.2 Å². The molecule has 0 unspecified atom stereocenters. The molecule has 0 aliphatic rings. The molecule has 0 heterocycles. The van der Waals surface area contributed by atoms with E-state index in [0.717, 1.165) is 0 Å². The molecule has 0 bridgehead atoms. The first-order valence-electron chi connectivity index (χ1n) is 4.97. The van der Waals surface area contributed by atoms with Crippen LogP contribution in [-0.2, 0) is 9.59 Å². The van der Waals surface area contributed by atoms with Gasteiger partial charge >= 0.3 is 0 Å². The van der Waals surface area contributed by atoms with Crippen molar-refractivity contribution in [3.63, 3.8) is 0 Å². The number of carbonyl (C=O) groups is 2. The Morgan fingerprint density at radius 1 is 1.24 bits per heavy atom. The average Bonchev–Trinajstić information content (AvgIpc) is 2.29. The van der Waals surface area contributed by atoms with E-state index in [2.05, 4.69) is 21.1 Å². The maximum atomic E-state index is 11.1. The topological polar surface area (TPSA) is 89.4 Å². The minimum atomic E-state index is -0.269. The molecule has 0 atom stereocenters. The third kappa shape index (κ3) is 10.2. The van der Waals surface area contributed by atoms with Gasteiger partial charge in [0.05, 0.1) is 0 Å². The van der Waals surface area contributed by atoms with Crippen LogP contribution in [-0.4, -0.2) is 62.5 Å². The summed E-state index contributed by atoms with van der Waals surface area (Å²) in [6.45, 7) is 0.480. The largest absolute Gasteiger partial charge is 0.367 e. The van der Waals surface area contributed by atoms with Crippen LogP contribution in [0.3, 0.4) is 0 Å². The maximum Gasteiger partial charge on any atom is 0.240 e. The highest BCUT2D eigenvalue weighted by atomic mass is 16.2. The van der Waals surface area contributed by atoms with Gasteiger partial charge in [0, 0.05) is 34.1 Å². The Hall–Kier alpha value is -2.12. The van der Waals surface area contributed by atoms with Gasteiger partial charge in [-0.25, -0.2) is 0 Å². The van der Waals surface area contributed by atoms with Crippen LogP contribution < -0.4 is 10.9 Å². The lowest BCUT2D eigenvalue weighted by atomic mass is 10.4. The second-order valence-corrected chi connectivity index (χ2v) is 3.47. The SMILES string of the molecule is CN(C)/C=N/N=C/N(C)CCC(=O)NNC=O. The summed E-state index contributed by atoms with van der Waals surface area (Å²) in [6.07, 6.45) is 3.73. The number of carbonyl (C=O) groups excluding carboxylic acids is 2. The normalized spacial score (nSPS) is 10.5. The molecule has 96 valence electrons. The lowest BCUT2D eigenvalue weighted by molar-refractivity contribution is -0.124. The molecule has 0 saturated heterocycles. The van der Waals surface area contributed by atoms with Crippen molar-refractivity contribution in [3.05, 3.63) is 0 Å². The zero-order valence-electron chi connectivity index (χ0n) is 10.3. The van der Waals surface area contributed by atoms with E-state index in [1.54, 1.807) is 23.2 Å². The van der Waals surface area contributed by atoms with E-state index in [-0.39, 0.29) is 12.3 Å². The fraction of sp³-hybridized carbons (Fsp3) is 0.556.